The minimum atomic E-state index is -1.03. The molecule has 0 aromatic heterocycles. The van der Waals surface area contributed by atoms with Gasteiger partial charge in [0, 0.05) is 13.8 Å². The lowest BCUT2D eigenvalue weighted by atomic mass is 10.0. The molecule has 6 atom stereocenters. The molecule has 0 aromatic carbocycles. The summed E-state index contributed by atoms with van der Waals surface area (Å²) in [6.45, 7) is 4.23. The summed E-state index contributed by atoms with van der Waals surface area (Å²) < 4.78 is 21.9. The van der Waals surface area contributed by atoms with Crippen LogP contribution in [0.3, 0.4) is 0 Å². The van der Waals surface area contributed by atoms with Gasteiger partial charge in [-0.25, -0.2) is 0 Å². The molecule has 10 heteroatoms. The van der Waals surface area contributed by atoms with Gasteiger partial charge in [0.05, 0.1) is 50.7 Å². The molecule has 4 N–H and O–H groups in total. The Hall–Kier alpha value is -1.30. The molecule has 0 saturated carbocycles. The highest BCUT2D eigenvalue weighted by Gasteiger charge is 2.31. The van der Waals surface area contributed by atoms with Gasteiger partial charge >= 0.3 is 0 Å². The zero-order chi connectivity index (χ0) is 20.5. The predicted molar refractivity (Wildman–Crippen MR) is 97.1 cm³/mol. The van der Waals surface area contributed by atoms with Crippen molar-refractivity contribution in [3.63, 3.8) is 0 Å². The molecule has 2 amide bonds. The van der Waals surface area contributed by atoms with Crippen LogP contribution in [-0.2, 0) is 28.5 Å². The van der Waals surface area contributed by atoms with E-state index in [1.54, 1.807) is 0 Å². The lowest BCUT2D eigenvalue weighted by molar-refractivity contribution is -0.198. The SMILES string of the molecule is CC(=O)N[C@@H]1CC[C@@H](COCCOC[C@@H]2CC[C@@H](NC(C)=O)[C@@H](O)O2)O[C@@H]1O. The average molecular weight is 404 g/mol. The van der Waals surface area contributed by atoms with Gasteiger partial charge in [-0.1, -0.05) is 0 Å². The fourth-order valence-corrected chi connectivity index (χ4v) is 3.34. The Morgan fingerprint density at radius 2 is 1.21 bits per heavy atom. The molecule has 2 aliphatic rings. The summed E-state index contributed by atoms with van der Waals surface area (Å²) >= 11 is 0. The molecule has 2 aliphatic heterocycles. The van der Waals surface area contributed by atoms with Gasteiger partial charge in [-0.2, -0.15) is 0 Å². The molecule has 2 fully saturated rings. The monoisotopic (exact) mass is 404 g/mol. The number of carbonyl (C=O) groups excluding carboxylic acids is 2. The molecule has 0 bridgehead atoms. The van der Waals surface area contributed by atoms with E-state index in [4.69, 9.17) is 18.9 Å². The van der Waals surface area contributed by atoms with Crippen molar-refractivity contribution in [2.24, 2.45) is 0 Å². The zero-order valence-electron chi connectivity index (χ0n) is 16.5. The molecule has 2 rings (SSSR count). The number of nitrogens with one attached hydrogen (secondary N) is 2. The van der Waals surface area contributed by atoms with Gasteiger partial charge in [-0.3, -0.25) is 9.59 Å². The van der Waals surface area contributed by atoms with Crippen LogP contribution in [0.4, 0.5) is 0 Å². The first kappa shape index (κ1) is 23.0. The van der Waals surface area contributed by atoms with Crippen molar-refractivity contribution in [1.29, 1.82) is 0 Å². The van der Waals surface area contributed by atoms with Crippen molar-refractivity contribution in [2.75, 3.05) is 26.4 Å². The van der Waals surface area contributed by atoms with Crippen LogP contribution in [0.25, 0.3) is 0 Å². The van der Waals surface area contributed by atoms with Crippen LogP contribution in [0.5, 0.6) is 0 Å². The molecule has 0 aromatic rings. The Morgan fingerprint density at radius 3 is 1.54 bits per heavy atom. The number of rotatable bonds is 9. The summed E-state index contributed by atoms with van der Waals surface area (Å²) in [7, 11) is 0. The van der Waals surface area contributed by atoms with Crippen LogP contribution in [0.15, 0.2) is 0 Å². The van der Waals surface area contributed by atoms with E-state index in [2.05, 4.69) is 10.6 Å². The lowest BCUT2D eigenvalue weighted by Gasteiger charge is -2.34. The number of hydrogen-bond acceptors (Lipinski definition) is 8. The van der Waals surface area contributed by atoms with Crippen molar-refractivity contribution >= 4 is 11.8 Å². The van der Waals surface area contributed by atoms with E-state index in [9.17, 15) is 19.8 Å². The second kappa shape index (κ2) is 11.6. The smallest absolute Gasteiger partial charge is 0.217 e. The number of aliphatic hydroxyl groups is 2. The van der Waals surface area contributed by atoms with Gasteiger partial charge in [-0.15, -0.1) is 0 Å². The Morgan fingerprint density at radius 1 is 0.821 bits per heavy atom. The summed E-state index contributed by atoms with van der Waals surface area (Å²) in [5, 5.41) is 25.1. The van der Waals surface area contributed by atoms with E-state index in [1.807, 2.05) is 0 Å². The zero-order valence-corrected chi connectivity index (χ0v) is 16.5. The maximum atomic E-state index is 11.0. The fourth-order valence-electron chi connectivity index (χ4n) is 3.34. The summed E-state index contributed by atoms with van der Waals surface area (Å²) in [4.78, 5) is 22.1. The molecule has 0 spiro atoms. The van der Waals surface area contributed by atoms with Crippen LogP contribution in [-0.4, -0.2) is 85.3 Å². The second-order valence-electron chi connectivity index (χ2n) is 7.22. The minimum absolute atomic E-state index is 0.195. The molecular weight excluding hydrogens is 372 g/mol. The van der Waals surface area contributed by atoms with E-state index in [0.29, 0.717) is 52.1 Å². The third-order valence-electron chi connectivity index (χ3n) is 4.71. The molecule has 10 nitrogen and oxygen atoms in total. The molecule has 2 heterocycles. The number of hydrogen-bond donors (Lipinski definition) is 4. The number of ether oxygens (including phenoxy) is 4. The highest BCUT2D eigenvalue weighted by Crippen LogP contribution is 2.19. The van der Waals surface area contributed by atoms with Crippen LogP contribution >= 0.6 is 0 Å². The first-order valence-electron chi connectivity index (χ1n) is 9.72. The third kappa shape index (κ3) is 7.98. The fraction of sp³-hybridized carbons (Fsp3) is 0.889. The Labute approximate surface area is 164 Å². The molecule has 28 heavy (non-hydrogen) atoms. The van der Waals surface area contributed by atoms with Crippen molar-refractivity contribution in [1.82, 2.24) is 10.6 Å². The van der Waals surface area contributed by atoms with E-state index in [1.165, 1.54) is 13.8 Å². The highest BCUT2D eigenvalue weighted by atomic mass is 16.6. The van der Waals surface area contributed by atoms with E-state index in [-0.39, 0.29) is 36.1 Å². The van der Waals surface area contributed by atoms with Gasteiger partial charge in [0.15, 0.2) is 12.6 Å². The number of carbonyl (C=O) groups is 2. The Bertz CT molecular complexity index is 462. The third-order valence-corrected chi connectivity index (χ3v) is 4.71. The first-order chi connectivity index (χ1) is 13.3. The van der Waals surface area contributed by atoms with Gasteiger partial charge < -0.3 is 39.8 Å². The van der Waals surface area contributed by atoms with Crippen molar-refractivity contribution in [3.8, 4) is 0 Å². The molecule has 2 saturated heterocycles. The van der Waals surface area contributed by atoms with Crippen LogP contribution < -0.4 is 10.6 Å². The summed E-state index contributed by atoms with van der Waals surface area (Å²) in [5.74, 6) is -0.390. The van der Waals surface area contributed by atoms with Gasteiger partial charge in [0.2, 0.25) is 11.8 Å². The largest absolute Gasteiger partial charge is 0.376 e. The standard InChI is InChI=1S/C18H32N2O8/c1-11(21)19-15-5-3-13(27-17(15)23)9-25-7-8-26-10-14-4-6-16(18(24)28-14)20-12(2)22/h13-18,23-24H,3-10H2,1-2H3,(H,19,21)(H,20,22)/t13-,14-,15+,16+,17-,18-/m0/s1. The summed E-state index contributed by atoms with van der Waals surface area (Å²) in [6.07, 6.45) is 0.138. The predicted octanol–water partition coefficient (Wildman–Crippen LogP) is -0.976. The Balaban J connectivity index is 1.50. The maximum Gasteiger partial charge on any atom is 0.217 e. The lowest BCUT2D eigenvalue weighted by Crippen LogP contribution is -2.49. The summed E-state index contributed by atoms with van der Waals surface area (Å²) in [6, 6.07) is -0.763. The second-order valence-corrected chi connectivity index (χ2v) is 7.22. The van der Waals surface area contributed by atoms with Crippen LogP contribution in [0.2, 0.25) is 0 Å². The van der Waals surface area contributed by atoms with E-state index >= 15 is 0 Å². The summed E-state index contributed by atoms with van der Waals surface area (Å²) in [5.41, 5.74) is 0. The van der Waals surface area contributed by atoms with Crippen LogP contribution in [0, 0.1) is 0 Å². The normalized spacial score (nSPS) is 33.3. The number of amides is 2. The molecule has 0 unspecified atom stereocenters. The molecule has 162 valence electrons. The van der Waals surface area contributed by atoms with Crippen LogP contribution in [0.1, 0.15) is 39.5 Å². The molecule has 0 aliphatic carbocycles. The van der Waals surface area contributed by atoms with Crippen molar-refractivity contribution < 1.29 is 38.7 Å². The minimum Gasteiger partial charge on any atom is -0.376 e. The van der Waals surface area contributed by atoms with E-state index < -0.39 is 12.6 Å². The van der Waals surface area contributed by atoms with Crippen molar-refractivity contribution in [2.45, 2.75) is 76.4 Å². The van der Waals surface area contributed by atoms with Crippen molar-refractivity contribution in [3.05, 3.63) is 0 Å². The Kier molecular flexibility index (Phi) is 9.56. The molecular formula is C18H32N2O8. The number of aliphatic hydroxyl groups excluding tert-OH is 2. The van der Waals surface area contributed by atoms with Gasteiger partial charge in [0.25, 0.3) is 0 Å². The quantitative estimate of drug-likeness (QED) is 0.360. The van der Waals surface area contributed by atoms with E-state index in [0.717, 1.165) is 0 Å². The van der Waals surface area contributed by atoms with Gasteiger partial charge in [0.1, 0.15) is 0 Å². The first-order valence-corrected chi connectivity index (χ1v) is 9.72. The highest BCUT2D eigenvalue weighted by molar-refractivity contribution is 5.73. The average Bonchev–Trinajstić information content (AvgIpc) is 2.61. The topological polar surface area (TPSA) is 136 Å². The molecule has 0 radical (unpaired) electrons. The maximum absolute atomic E-state index is 11.0. The van der Waals surface area contributed by atoms with Gasteiger partial charge in [-0.05, 0) is 25.7 Å².